The van der Waals surface area contributed by atoms with E-state index >= 15 is 0 Å². The number of amides is 3. The minimum Gasteiger partial charge on any atom is -0.444 e. The van der Waals surface area contributed by atoms with Crippen molar-refractivity contribution < 1.29 is 19.1 Å². The summed E-state index contributed by atoms with van der Waals surface area (Å²) in [5.74, 6) is -0.861. The summed E-state index contributed by atoms with van der Waals surface area (Å²) in [6.07, 6.45) is 1.23. The van der Waals surface area contributed by atoms with Crippen molar-refractivity contribution in [1.82, 2.24) is 15.5 Å². The fraction of sp³-hybridized carbons (Fsp3) is 0.464. The van der Waals surface area contributed by atoms with E-state index in [0.717, 1.165) is 24.0 Å². The maximum absolute atomic E-state index is 13.7. The second kappa shape index (κ2) is 11.4. The molecule has 1 aliphatic heterocycles. The number of rotatable bonds is 6. The van der Waals surface area contributed by atoms with Crippen LogP contribution >= 0.6 is 0 Å². The molecule has 3 atom stereocenters. The Kier molecular flexibility index (Phi) is 8.54. The number of fused-ring (bicyclic) bond motifs is 1. The highest BCUT2D eigenvalue weighted by molar-refractivity contribution is 5.98. The molecule has 0 saturated carbocycles. The molecule has 3 rings (SSSR count). The third-order valence-corrected chi connectivity index (χ3v) is 6.14. The van der Waals surface area contributed by atoms with E-state index < -0.39 is 29.7 Å². The number of nitrogens with one attached hydrogen (secondary N) is 2. The predicted molar refractivity (Wildman–Crippen MR) is 136 cm³/mol. The van der Waals surface area contributed by atoms with Gasteiger partial charge in [-0.1, -0.05) is 62.7 Å². The fourth-order valence-electron chi connectivity index (χ4n) is 4.47. The van der Waals surface area contributed by atoms with Gasteiger partial charge in [-0.3, -0.25) is 9.59 Å². The summed E-state index contributed by atoms with van der Waals surface area (Å²) in [5.41, 5.74) is 1.61. The first-order chi connectivity index (χ1) is 16.6. The molecule has 0 bridgehead atoms. The first-order valence-electron chi connectivity index (χ1n) is 12.3. The molecule has 2 aromatic carbocycles. The van der Waals surface area contributed by atoms with Crippen molar-refractivity contribution in [2.24, 2.45) is 5.92 Å². The molecule has 7 heteroatoms. The van der Waals surface area contributed by atoms with Crippen LogP contribution in [-0.2, 0) is 16.1 Å². The zero-order valence-electron chi connectivity index (χ0n) is 21.3. The smallest absolute Gasteiger partial charge is 0.408 e. The lowest BCUT2D eigenvalue weighted by molar-refractivity contribution is -0.127. The topological polar surface area (TPSA) is 87.7 Å². The quantitative estimate of drug-likeness (QED) is 0.581. The van der Waals surface area contributed by atoms with Gasteiger partial charge in [0.05, 0.1) is 6.04 Å². The van der Waals surface area contributed by atoms with E-state index in [0.29, 0.717) is 12.1 Å². The number of hydrogen-bond donors (Lipinski definition) is 2. The molecule has 0 aliphatic carbocycles. The maximum Gasteiger partial charge on any atom is 0.408 e. The van der Waals surface area contributed by atoms with E-state index in [1.165, 1.54) is 0 Å². The van der Waals surface area contributed by atoms with Crippen molar-refractivity contribution in [3.8, 4) is 0 Å². The van der Waals surface area contributed by atoms with Crippen molar-refractivity contribution in [2.75, 3.05) is 6.54 Å². The van der Waals surface area contributed by atoms with Crippen molar-refractivity contribution in [2.45, 2.75) is 71.7 Å². The van der Waals surface area contributed by atoms with Crippen molar-refractivity contribution >= 4 is 17.9 Å². The van der Waals surface area contributed by atoms with Gasteiger partial charge in [-0.2, -0.15) is 0 Å². The standard InChI is InChI=1S/C28H37N3O4/c1-6-7-17-29-25(32)24-19(2)23(30-27(34)35-28(3,4)5)22-16-12-11-15-21(22)18-31(24)26(33)20-13-9-8-10-14-20/h8-16,19,23-24H,6-7,17-18H2,1-5H3,(H,29,32)(H,30,34)/t19-,23-,24+/m0/s1. The van der Waals surface area contributed by atoms with Crippen molar-refractivity contribution in [1.29, 1.82) is 0 Å². The second-order valence-corrected chi connectivity index (χ2v) is 10.1. The molecule has 2 aromatic rings. The summed E-state index contributed by atoms with van der Waals surface area (Å²) in [5, 5.41) is 6.00. The van der Waals surface area contributed by atoms with Crippen LogP contribution in [0.2, 0.25) is 0 Å². The fourth-order valence-corrected chi connectivity index (χ4v) is 4.47. The summed E-state index contributed by atoms with van der Waals surface area (Å²) in [4.78, 5) is 41.7. The lowest BCUT2D eigenvalue weighted by Crippen LogP contribution is -2.54. The van der Waals surface area contributed by atoms with Crippen LogP contribution in [0.4, 0.5) is 4.79 Å². The van der Waals surface area contributed by atoms with E-state index in [-0.39, 0.29) is 18.4 Å². The molecule has 35 heavy (non-hydrogen) atoms. The third kappa shape index (κ3) is 6.62. The van der Waals surface area contributed by atoms with Gasteiger partial charge in [-0.05, 0) is 50.5 Å². The van der Waals surface area contributed by atoms with Gasteiger partial charge < -0.3 is 20.3 Å². The molecule has 2 N–H and O–H groups in total. The Hall–Kier alpha value is -3.35. The third-order valence-electron chi connectivity index (χ3n) is 6.14. The van der Waals surface area contributed by atoms with Crippen molar-refractivity contribution in [3.63, 3.8) is 0 Å². The molecule has 188 valence electrons. The number of unbranched alkanes of at least 4 members (excludes halogenated alkanes) is 1. The minimum atomic E-state index is -0.785. The van der Waals surface area contributed by atoms with Crippen LogP contribution in [-0.4, -0.2) is 41.0 Å². The van der Waals surface area contributed by atoms with Gasteiger partial charge in [0.25, 0.3) is 5.91 Å². The van der Waals surface area contributed by atoms with E-state index in [9.17, 15) is 14.4 Å². The highest BCUT2D eigenvalue weighted by Crippen LogP contribution is 2.35. The molecule has 0 unspecified atom stereocenters. The number of benzene rings is 2. The number of ether oxygens (including phenoxy) is 1. The molecule has 1 heterocycles. The largest absolute Gasteiger partial charge is 0.444 e. The molecular weight excluding hydrogens is 442 g/mol. The highest BCUT2D eigenvalue weighted by Gasteiger charge is 2.43. The summed E-state index contributed by atoms with van der Waals surface area (Å²) >= 11 is 0. The number of carbonyl (C=O) groups excluding carboxylic acids is 3. The Balaban J connectivity index is 2.04. The Labute approximate surface area is 208 Å². The van der Waals surface area contributed by atoms with Gasteiger partial charge >= 0.3 is 6.09 Å². The van der Waals surface area contributed by atoms with E-state index in [1.54, 1.807) is 37.8 Å². The predicted octanol–water partition coefficient (Wildman–Crippen LogP) is 4.83. The van der Waals surface area contributed by atoms with Crippen LogP contribution in [0, 0.1) is 5.92 Å². The second-order valence-electron chi connectivity index (χ2n) is 10.1. The summed E-state index contributed by atoms with van der Waals surface area (Å²) < 4.78 is 5.53. The summed E-state index contributed by atoms with van der Waals surface area (Å²) in [6.45, 7) is 10.2. The van der Waals surface area contributed by atoms with Gasteiger partial charge in [-0.15, -0.1) is 0 Å². The summed E-state index contributed by atoms with van der Waals surface area (Å²) in [6, 6.07) is 15.4. The Bertz CT molecular complexity index is 1030. The Morgan fingerprint density at radius 3 is 2.34 bits per heavy atom. The van der Waals surface area contributed by atoms with Crippen LogP contribution in [0.25, 0.3) is 0 Å². The molecule has 1 aliphatic rings. The first kappa shape index (κ1) is 26.3. The van der Waals surface area contributed by atoms with Gasteiger partial charge in [0.15, 0.2) is 0 Å². The maximum atomic E-state index is 13.7. The van der Waals surface area contributed by atoms with Crippen LogP contribution in [0.5, 0.6) is 0 Å². The van der Waals surface area contributed by atoms with Crippen LogP contribution < -0.4 is 10.6 Å². The number of carbonyl (C=O) groups is 3. The average molecular weight is 480 g/mol. The number of alkyl carbamates (subject to hydrolysis) is 1. The van der Waals surface area contributed by atoms with Gasteiger partial charge in [0.2, 0.25) is 5.91 Å². The molecule has 0 spiro atoms. The lowest BCUT2D eigenvalue weighted by atomic mass is 9.87. The van der Waals surface area contributed by atoms with E-state index in [4.69, 9.17) is 4.74 Å². The monoisotopic (exact) mass is 479 g/mol. The van der Waals surface area contributed by atoms with Gasteiger partial charge in [0, 0.05) is 24.6 Å². The van der Waals surface area contributed by atoms with Crippen LogP contribution in [0.1, 0.15) is 75.0 Å². The van der Waals surface area contributed by atoms with Gasteiger partial charge in [0.1, 0.15) is 11.6 Å². The normalized spacial score (nSPS) is 19.8. The molecule has 0 fully saturated rings. The first-order valence-corrected chi connectivity index (χ1v) is 12.3. The van der Waals surface area contributed by atoms with Crippen LogP contribution in [0.15, 0.2) is 54.6 Å². The van der Waals surface area contributed by atoms with Gasteiger partial charge in [-0.25, -0.2) is 4.79 Å². The zero-order chi connectivity index (χ0) is 25.6. The Morgan fingerprint density at radius 2 is 1.69 bits per heavy atom. The molecule has 3 amide bonds. The average Bonchev–Trinajstić information content (AvgIpc) is 2.93. The van der Waals surface area contributed by atoms with Crippen LogP contribution in [0.3, 0.4) is 0 Å². The SMILES string of the molecule is CCCCNC(=O)[C@H]1[C@@H](C)[C@H](NC(=O)OC(C)(C)C)c2ccccc2CN1C(=O)c1ccccc1. The van der Waals surface area contributed by atoms with E-state index in [1.807, 2.05) is 49.4 Å². The number of nitrogens with zero attached hydrogens (tertiary/aromatic N) is 1. The molecule has 0 radical (unpaired) electrons. The summed E-state index contributed by atoms with van der Waals surface area (Å²) in [7, 11) is 0. The molecule has 7 nitrogen and oxygen atoms in total. The minimum absolute atomic E-state index is 0.221. The van der Waals surface area contributed by atoms with Crippen molar-refractivity contribution in [3.05, 3.63) is 71.3 Å². The molecular formula is C28H37N3O4. The number of hydrogen-bond acceptors (Lipinski definition) is 4. The van der Waals surface area contributed by atoms with E-state index in [2.05, 4.69) is 17.6 Å². The molecule has 0 saturated heterocycles. The lowest BCUT2D eigenvalue weighted by Gasteiger charge is -2.35. The Morgan fingerprint density at radius 1 is 1.03 bits per heavy atom. The molecule has 0 aromatic heterocycles. The zero-order valence-corrected chi connectivity index (χ0v) is 21.3. The highest BCUT2D eigenvalue weighted by atomic mass is 16.6.